The summed E-state index contributed by atoms with van der Waals surface area (Å²) in [6.45, 7) is 6.40. The largest absolute Gasteiger partial charge is 0.496 e. The van der Waals surface area contributed by atoms with Crippen molar-refractivity contribution in [3.8, 4) is 5.75 Å². The molecule has 1 heterocycles. The van der Waals surface area contributed by atoms with Crippen molar-refractivity contribution in [2.45, 2.75) is 26.1 Å². The molecule has 1 aliphatic heterocycles. The van der Waals surface area contributed by atoms with Crippen molar-refractivity contribution in [2.24, 2.45) is 0 Å². The van der Waals surface area contributed by atoms with Crippen LogP contribution in [0.1, 0.15) is 18.1 Å². The summed E-state index contributed by atoms with van der Waals surface area (Å²) in [5.41, 5.74) is 1.95. The zero-order valence-corrected chi connectivity index (χ0v) is 16.5. The lowest BCUT2D eigenvalue weighted by Crippen LogP contribution is -2.53. The number of hydrogen-bond acceptors (Lipinski definition) is 4. The van der Waals surface area contributed by atoms with Crippen molar-refractivity contribution < 1.29 is 13.9 Å². The van der Waals surface area contributed by atoms with E-state index in [1.165, 1.54) is 12.1 Å². The molecule has 0 aliphatic carbocycles. The summed E-state index contributed by atoms with van der Waals surface area (Å²) < 4.78 is 18.9. The highest BCUT2D eigenvalue weighted by Crippen LogP contribution is 2.22. The highest BCUT2D eigenvalue weighted by Gasteiger charge is 2.25. The average molecular weight is 385 g/mol. The third-order valence-electron chi connectivity index (χ3n) is 5.28. The van der Waals surface area contributed by atoms with E-state index in [0.29, 0.717) is 18.8 Å². The van der Waals surface area contributed by atoms with Crippen LogP contribution in [0.3, 0.4) is 0 Å². The summed E-state index contributed by atoms with van der Waals surface area (Å²) in [4.78, 5) is 16.9. The number of rotatable bonds is 7. The van der Waals surface area contributed by atoms with E-state index in [1.54, 1.807) is 13.2 Å². The first kappa shape index (κ1) is 20.3. The topological polar surface area (TPSA) is 44.8 Å². The van der Waals surface area contributed by atoms with Gasteiger partial charge in [0.25, 0.3) is 0 Å². The van der Waals surface area contributed by atoms with E-state index in [-0.39, 0.29) is 17.8 Å². The number of benzene rings is 2. The molecule has 28 heavy (non-hydrogen) atoms. The number of hydrogen-bond donors (Lipinski definition) is 1. The van der Waals surface area contributed by atoms with Crippen LogP contribution in [0.15, 0.2) is 48.5 Å². The Kier molecular flexibility index (Phi) is 7.01. The predicted octanol–water partition coefficient (Wildman–Crippen LogP) is 2.66. The Morgan fingerprint density at radius 2 is 1.86 bits per heavy atom. The van der Waals surface area contributed by atoms with E-state index >= 15 is 0 Å². The molecule has 150 valence electrons. The van der Waals surface area contributed by atoms with Crippen LogP contribution >= 0.6 is 0 Å². The number of carbonyl (C=O) groups excluding carboxylic acids is 1. The molecule has 0 saturated carbocycles. The van der Waals surface area contributed by atoms with Crippen LogP contribution in [-0.4, -0.2) is 55.0 Å². The van der Waals surface area contributed by atoms with Gasteiger partial charge in [-0.2, -0.15) is 0 Å². The third kappa shape index (κ3) is 5.30. The number of ether oxygens (including phenoxy) is 1. The minimum Gasteiger partial charge on any atom is -0.496 e. The summed E-state index contributed by atoms with van der Waals surface area (Å²) in [6, 6.07) is 14.4. The minimum absolute atomic E-state index is 0.0455. The van der Waals surface area contributed by atoms with Gasteiger partial charge in [0.05, 0.1) is 13.2 Å². The summed E-state index contributed by atoms with van der Waals surface area (Å²) >= 11 is 0. The van der Waals surface area contributed by atoms with E-state index < -0.39 is 0 Å². The van der Waals surface area contributed by atoms with Gasteiger partial charge in [-0.25, -0.2) is 4.39 Å². The second-order valence-electron chi connectivity index (χ2n) is 7.15. The second kappa shape index (κ2) is 9.66. The van der Waals surface area contributed by atoms with E-state index in [0.717, 1.165) is 37.3 Å². The van der Waals surface area contributed by atoms with Gasteiger partial charge in [-0.05, 0) is 30.7 Å². The van der Waals surface area contributed by atoms with Crippen molar-refractivity contribution in [3.05, 3.63) is 65.5 Å². The first-order valence-electron chi connectivity index (χ1n) is 9.67. The molecule has 1 fully saturated rings. The molecule has 1 aliphatic rings. The third-order valence-corrected chi connectivity index (χ3v) is 5.28. The normalized spacial score (nSPS) is 16.5. The second-order valence-corrected chi connectivity index (χ2v) is 7.15. The number of carbonyl (C=O) groups is 1. The van der Waals surface area contributed by atoms with Crippen LogP contribution in [0.2, 0.25) is 0 Å². The molecule has 1 N–H and O–H groups in total. The summed E-state index contributed by atoms with van der Waals surface area (Å²) in [5.74, 6) is 0.500. The standard InChI is InChI=1S/C22H28FN3O2/c1-17(22(27)24-15-18-6-4-3-5-7-18)26-12-10-25(11-13-26)16-19-14-20(23)8-9-21(19)28-2/h3-9,14,17H,10-13,15-16H2,1-2H3,(H,24,27)/t17-/m0/s1. The fraction of sp³-hybridized carbons (Fsp3) is 0.409. The highest BCUT2D eigenvalue weighted by atomic mass is 19.1. The molecule has 0 radical (unpaired) electrons. The van der Waals surface area contributed by atoms with Gasteiger partial charge >= 0.3 is 0 Å². The van der Waals surface area contributed by atoms with E-state index in [2.05, 4.69) is 15.1 Å². The highest BCUT2D eigenvalue weighted by molar-refractivity contribution is 5.81. The van der Waals surface area contributed by atoms with Crippen molar-refractivity contribution in [3.63, 3.8) is 0 Å². The lowest BCUT2D eigenvalue weighted by atomic mass is 10.1. The first-order valence-corrected chi connectivity index (χ1v) is 9.67. The van der Waals surface area contributed by atoms with Crippen molar-refractivity contribution in [1.82, 2.24) is 15.1 Å². The van der Waals surface area contributed by atoms with Gasteiger partial charge in [-0.15, -0.1) is 0 Å². The maximum Gasteiger partial charge on any atom is 0.237 e. The van der Waals surface area contributed by atoms with Crippen LogP contribution in [0.4, 0.5) is 4.39 Å². The smallest absolute Gasteiger partial charge is 0.237 e. The fourth-order valence-electron chi connectivity index (χ4n) is 3.52. The van der Waals surface area contributed by atoms with Crippen LogP contribution in [0.25, 0.3) is 0 Å². The number of methoxy groups -OCH3 is 1. The van der Waals surface area contributed by atoms with E-state index in [4.69, 9.17) is 4.74 Å². The van der Waals surface area contributed by atoms with Gasteiger partial charge in [0.15, 0.2) is 0 Å². The van der Waals surface area contributed by atoms with E-state index in [1.807, 2.05) is 37.3 Å². The van der Waals surface area contributed by atoms with Crippen molar-refractivity contribution in [2.75, 3.05) is 33.3 Å². The van der Waals surface area contributed by atoms with Crippen LogP contribution in [0, 0.1) is 5.82 Å². The Morgan fingerprint density at radius 1 is 1.14 bits per heavy atom. The van der Waals surface area contributed by atoms with Crippen LogP contribution < -0.4 is 10.1 Å². The molecule has 0 spiro atoms. The number of piperazine rings is 1. The van der Waals surface area contributed by atoms with Gasteiger partial charge < -0.3 is 10.1 Å². The van der Waals surface area contributed by atoms with Gasteiger partial charge in [0.1, 0.15) is 11.6 Å². The molecule has 0 unspecified atom stereocenters. The first-order chi connectivity index (χ1) is 13.6. The molecular formula is C22H28FN3O2. The number of amides is 1. The van der Waals surface area contributed by atoms with Crippen molar-refractivity contribution >= 4 is 5.91 Å². The lowest BCUT2D eigenvalue weighted by molar-refractivity contribution is -0.126. The Labute approximate surface area is 166 Å². The van der Waals surface area contributed by atoms with Gasteiger partial charge in [-0.1, -0.05) is 30.3 Å². The van der Waals surface area contributed by atoms with Gasteiger partial charge in [-0.3, -0.25) is 14.6 Å². The number of nitrogens with one attached hydrogen (secondary N) is 1. The molecule has 5 nitrogen and oxygen atoms in total. The maximum atomic E-state index is 13.6. The van der Waals surface area contributed by atoms with E-state index in [9.17, 15) is 9.18 Å². The number of halogens is 1. The van der Waals surface area contributed by atoms with Crippen LogP contribution in [0.5, 0.6) is 5.75 Å². The molecule has 2 aromatic carbocycles. The lowest BCUT2D eigenvalue weighted by Gasteiger charge is -2.37. The molecule has 0 aromatic heterocycles. The Bertz CT molecular complexity index is 777. The molecule has 0 bridgehead atoms. The molecule has 3 rings (SSSR count). The zero-order valence-electron chi connectivity index (χ0n) is 16.5. The Morgan fingerprint density at radius 3 is 2.54 bits per heavy atom. The quantitative estimate of drug-likeness (QED) is 0.796. The molecule has 6 heteroatoms. The molecule has 1 atom stereocenters. The van der Waals surface area contributed by atoms with Crippen LogP contribution in [-0.2, 0) is 17.9 Å². The Hall–Kier alpha value is -2.44. The zero-order chi connectivity index (χ0) is 19.9. The predicted molar refractivity (Wildman–Crippen MR) is 108 cm³/mol. The monoisotopic (exact) mass is 385 g/mol. The van der Waals surface area contributed by atoms with Gasteiger partial charge in [0.2, 0.25) is 5.91 Å². The van der Waals surface area contributed by atoms with Gasteiger partial charge in [0, 0.05) is 44.8 Å². The summed E-state index contributed by atoms with van der Waals surface area (Å²) in [6.07, 6.45) is 0. The molecule has 2 aromatic rings. The number of nitrogens with zero attached hydrogens (tertiary/aromatic N) is 2. The average Bonchev–Trinajstić information content (AvgIpc) is 2.73. The molecule has 1 saturated heterocycles. The fourth-order valence-corrected chi connectivity index (χ4v) is 3.52. The molecular weight excluding hydrogens is 357 g/mol. The molecule has 1 amide bonds. The summed E-state index contributed by atoms with van der Waals surface area (Å²) in [5, 5.41) is 3.02. The summed E-state index contributed by atoms with van der Waals surface area (Å²) in [7, 11) is 1.60. The Balaban J connectivity index is 1.48. The maximum absolute atomic E-state index is 13.6. The SMILES string of the molecule is COc1ccc(F)cc1CN1CCN([C@@H](C)C(=O)NCc2ccccc2)CC1. The van der Waals surface area contributed by atoms with Crippen molar-refractivity contribution in [1.29, 1.82) is 0 Å². The minimum atomic E-state index is -0.252.